The van der Waals surface area contributed by atoms with Crippen LogP contribution in [0.2, 0.25) is 0 Å². The zero-order valence-corrected chi connectivity index (χ0v) is 14.9. The van der Waals surface area contributed by atoms with Crippen LogP contribution < -0.4 is 0 Å². The van der Waals surface area contributed by atoms with Gasteiger partial charge in [-0.1, -0.05) is 31.5 Å². The van der Waals surface area contributed by atoms with Crippen molar-refractivity contribution in [2.75, 3.05) is 6.16 Å². The largest absolute Gasteiger partial charge is 0.326 e. The van der Waals surface area contributed by atoms with Crippen molar-refractivity contribution < 1.29 is 14.4 Å². The third-order valence-electron chi connectivity index (χ3n) is 5.63. The Labute approximate surface area is 132 Å². The van der Waals surface area contributed by atoms with E-state index in [0.29, 0.717) is 12.8 Å². The summed E-state index contributed by atoms with van der Waals surface area (Å²) < 4.78 is 11.8. The number of hydrogen-bond donors (Lipinski definition) is 2. The third kappa shape index (κ3) is 2.58. The molecule has 1 aromatic carbocycles. The Morgan fingerprint density at radius 2 is 1.82 bits per heavy atom. The van der Waals surface area contributed by atoms with E-state index < -0.39 is 18.4 Å². The van der Waals surface area contributed by atoms with E-state index in [0.717, 1.165) is 22.5 Å². The van der Waals surface area contributed by atoms with Crippen LogP contribution >= 0.6 is 7.60 Å². The van der Waals surface area contributed by atoms with Crippen LogP contribution in [0.1, 0.15) is 51.7 Å². The van der Waals surface area contributed by atoms with Gasteiger partial charge in [0.15, 0.2) is 0 Å². The topological polar surface area (TPSA) is 69.9 Å². The molecule has 1 unspecified atom stereocenters. The predicted molar refractivity (Wildman–Crippen MR) is 91.2 cm³/mol. The highest BCUT2D eigenvalue weighted by Gasteiger charge is 2.54. The molecule has 2 N–H and O–H groups in total. The Morgan fingerprint density at radius 3 is 2.32 bits per heavy atom. The molecule has 5 heteroatoms. The lowest BCUT2D eigenvalue weighted by atomic mass is 9.57. The Kier molecular flexibility index (Phi) is 4.42. The van der Waals surface area contributed by atoms with Crippen molar-refractivity contribution in [2.24, 2.45) is 10.4 Å². The highest BCUT2D eigenvalue weighted by Crippen LogP contribution is 2.59. The van der Waals surface area contributed by atoms with Crippen molar-refractivity contribution >= 4 is 19.0 Å². The van der Waals surface area contributed by atoms with E-state index in [1.807, 2.05) is 39.8 Å². The van der Waals surface area contributed by atoms with E-state index in [1.54, 1.807) is 0 Å². The summed E-state index contributed by atoms with van der Waals surface area (Å²) in [6, 6.07) is 6.16. The normalized spacial score (nSPS) is 21.7. The standard InChI is InChI=1S/C17H26NO3P/c1-6-17(7-2,11-22(19,20)21)16(5)13(4)18-15-9-8-12(3)10-14(15)16/h8-10H,6-7,11H2,1-5H3,(H2,19,20,21). The maximum Gasteiger partial charge on any atom is 0.326 e. The average Bonchev–Trinajstić information content (AvgIpc) is 2.68. The van der Waals surface area contributed by atoms with Gasteiger partial charge in [-0.3, -0.25) is 9.56 Å². The van der Waals surface area contributed by atoms with Gasteiger partial charge in [-0.05, 0) is 50.7 Å². The molecule has 0 fully saturated rings. The minimum atomic E-state index is -4.12. The van der Waals surface area contributed by atoms with Crippen LogP contribution in [0.25, 0.3) is 0 Å². The fraction of sp³-hybridized carbons (Fsp3) is 0.588. The SMILES string of the molecule is CCC(CC)(CP(=O)(O)O)C1(C)C(C)=Nc2ccc(C)cc21. The second-order valence-electron chi connectivity index (χ2n) is 6.65. The van der Waals surface area contributed by atoms with Crippen LogP contribution in [-0.2, 0) is 9.98 Å². The Bertz CT molecular complexity index is 658. The van der Waals surface area contributed by atoms with E-state index in [9.17, 15) is 14.4 Å². The highest BCUT2D eigenvalue weighted by molar-refractivity contribution is 7.51. The molecule has 0 spiro atoms. The summed E-state index contributed by atoms with van der Waals surface area (Å²) in [5, 5.41) is 0. The summed E-state index contributed by atoms with van der Waals surface area (Å²) in [5.41, 5.74) is 3.18. The van der Waals surface area contributed by atoms with Gasteiger partial charge in [0.2, 0.25) is 0 Å². The minimum Gasteiger partial charge on any atom is -0.324 e. The second kappa shape index (κ2) is 5.59. The number of nitrogens with zero attached hydrogens (tertiary/aromatic N) is 1. The molecule has 22 heavy (non-hydrogen) atoms. The molecule has 0 bridgehead atoms. The number of rotatable bonds is 5. The highest BCUT2D eigenvalue weighted by atomic mass is 31.2. The van der Waals surface area contributed by atoms with E-state index >= 15 is 0 Å². The molecule has 1 aromatic rings. The molecule has 1 atom stereocenters. The number of fused-ring (bicyclic) bond motifs is 1. The van der Waals surface area contributed by atoms with E-state index in [4.69, 9.17) is 4.99 Å². The van der Waals surface area contributed by atoms with Gasteiger partial charge in [0.1, 0.15) is 0 Å². The van der Waals surface area contributed by atoms with Crippen molar-refractivity contribution in [1.29, 1.82) is 0 Å². The van der Waals surface area contributed by atoms with Gasteiger partial charge >= 0.3 is 7.60 Å². The minimum absolute atomic E-state index is 0.107. The molecule has 0 aromatic heterocycles. The Hall–Kier alpha value is -0.960. The van der Waals surface area contributed by atoms with Crippen molar-refractivity contribution in [3.05, 3.63) is 29.3 Å². The van der Waals surface area contributed by atoms with Gasteiger partial charge in [0.25, 0.3) is 0 Å². The van der Waals surface area contributed by atoms with Gasteiger partial charge in [-0.15, -0.1) is 0 Å². The molecule has 122 valence electrons. The molecule has 0 saturated heterocycles. The molecule has 0 saturated carbocycles. The van der Waals surface area contributed by atoms with Crippen molar-refractivity contribution in [3.63, 3.8) is 0 Å². The summed E-state index contributed by atoms with van der Waals surface area (Å²) in [6.07, 6.45) is 1.29. The third-order valence-corrected chi connectivity index (χ3v) is 6.64. The molecule has 2 rings (SSSR count). The van der Waals surface area contributed by atoms with Gasteiger partial charge in [-0.2, -0.15) is 0 Å². The van der Waals surface area contributed by atoms with Crippen molar-refractivity contribution in [3.8, 4) is 0 Å². The monoisotopic (exact) mass is 323 g/mol. The first-order chi connectivity index (χ1) is 10.1. The smallest absolute Gasteiger partial charge is 0.324 e. The van der Waals surface area contributed by atoms with Gasteiger partial charge < -0.3 is 9.79 Å². The lowest BCUT2D eigenvalue weighted by Crippen LogP contribution is -2.48. The van der Waals surface area contributed by atoms with Crippen LogP contribution in [0.15, 0.2) is 23.2 Å². The molecule has 1 aliphatic rings. The van der Waals surface area contributed by atoms with Gasteiger partial charge in [0.05, 0.1) is 11.8 Å². The molecule has 1 heterocycles. The van der Waals surface area contributed by atoms with E-state index in [-0.39, 0.29) is 6.16 Å². The Balaban J connectivity index is 2.68. The first kappa shape index (κ1) is 17.4. The second-order valence-corrected chi connectivity index (χ2v) is 8.30. The van der Waals surface area contributed by atoms with Crippen LogP contribution in [0.3, 0.4) is 0 Å². The molecule has 0 aliphatic carbocycles. The maximum absolute atomic E-state index is 11.8. The molecular formula is C17H26NO3P. The summed E-state index contributed by atoms with van der Waals surface area (Å²) in [7, 11) is -4.12. The maximum atomic E-state index is 11.8. The van der Waals surface area contributed by atoms with Crippen LogP contribution in [-0.4, -0.2) is 21.7 Å². The lowest BCUT2D eigenvalue weighted by Gasteiger charge is -2.47. The van der Waals surface area contributed by atoms with Crippen LogP contribution in [0, 0.1) is 12.3 Å². The summed E-state index contributed by atoms with van der Waals surface area (Å²) in [5.74, 6) is 0. The van der Waals surface area contributed by atoms with Gasteiger partial charge in [-0.25, -0.2) is 0 Å². The summed E-state index contributed by atoms with van der Waals surface area (Å²) >= 11 is 0. The molecular weight excluding hydrogens is 297 g/mol. The van der Waals surface area contributed by atoms with Crippen molar-refractivity contribution in [1.82, 2.24) is 0 Å². The number of aliphatic imine (C=N–C) groups is 1. The average molecular weight is 323 g/mol. The summed E-state index contributed by atoms with van der Waals surface area (Å²) in [6.45, 7) is 10.2. The fourth-order valence-electron chi connectivity index (χ4n) is 4.04. The molecule has 0 radical (unpaired) electrons. The Morgan fingerprint density at radius 1 is 1.23 bits per heavy atom. The quantitative estimate of drug-likeness (QED) is 0.792. The predicted octanol–water partition coefficient (Wildman–Crippen LogP) is 4.34. The number of hydrogen-bond acceptors (Lipinski definition) is 2. The zero-order chi connectivity index (χ0) is 16.8. The first-order valence-electron chi connectivity index (χ1n) is 7.81. The fourth-order valence-corrected chi connectivity index (χ4v) is 5.59. The summed E-state index contributed by atoms with van der Waals surface area (Å²) in [4.78, 5) is 24.0. The van der Waals surface area contributed by atoms with E-state index in [1.165, 1.54) is 0 Å². The zero-order valence-electron chi connectivity index (χ0n) is 14.1. The van der Waals surface area contributed by atoms with Crippen molar-refractivity contribution in [2.45, 2.75) is 52.9 Å². The van der Waals surface area contributed by atoms with Crippen LogP contribution in [0.5, 0.6) is 0 Å². The lowest BCUT2D eigenvalue weighted by molar-refractivity contribution is 0.189. The van der Waals surface area contributed by atoms with Gasteiger partial charge in [0, 0.05) is 11.1 Å². The first-order valence-corrected chi connectivity index (χ1v) is 9.61. The molecule has 1 aliphatic heterocycles. The molecule has 0 amide bonds. The van der Waals surface area contributed by atoms with Crippen LogP contribution in [0.4, 0.5) is 5.69 Å². The molecule has 4 nitrogen and oxygen atoms in total. The van der Waals surface area contributed by atoms with E-state index in [2.05, 4.69) is 13.0 Å². The number of aryl methyl sites for hydroxylation is 1. The number of benzene rings is 1.